The molecule has 0 fully saturated rings. The molecule has 0 heterocycles. The SMILES string of the molecule is CC(=Nc1ccccc1)/C(=N/O)C(=O)OC(C)(C)C. The summed E-state index contributed by atoms with van der Waals surface area (Å²) >= 11 is 0. The smallest absolute Gasteiger partial charge is 0.362 e. The molecule has 0 aliphatic carbocycles. The van der Waals surface area contributed by atoms with Crippen molar-refractivity contribution < 1.29 is 14.7 Å². The lowest BCUT2D eigenvalue weighted by Crippen LogP contribution is -2.32. The maximum Gasteiger partial charge on any atom is 0.362 e. The summed E-state index contributed by atoms with van der Waals surface area (Å²) in [5, 5.41) is 11.9. The number of carbonyl (C=O) groups excluding carboxylic acids is 1. The summed E-state index contributed by atoms with van der Waals surface area (Å²) in [6.07, 6.45) is 0. The minimum Gasteiger partial charge on any atom is -0.455 e. The van der Waals surface area contributed by atoms with Crippen LogP contribution in [0.15, 0.2) is 40.5 Å². The third-order valence-electron chi connectivity index (χ3n) is 2.09. The van der Waals surface area contributed by atoms with Crippen molar-refractivity contribution in [2.45, 2.75) is 33.3 Å². The first-order valence-electron chi connectivity index (χ1n) is 5.89. The third-order valence-corrected chi connectivity index (χ3v) is 2.09. The van der Waals surface area contributed by atoms with E-state index in [9.17, 15) is 4.79 Å². The van der Waals surface area contributed by atoms with E-state index in [1.165, 1.54) is 0 Å². The van der Waals surface area contributed by atoms with Gasteiger partial charge in [-0.25, -0.2) is 4.79 Å². The molecule has 0 amide bonds. The zero-order chi connectivity index (χ0) is 14.5. The van der Waals surface area contributed by atoms with Crippen molar-refractivity contribution >= 4 is 23.1 Å². The highest BCUT2D eigenvalue weighted by Gasteiger charge is 2.23. The molecule has 0 aliphatic heterocycles. The molecule has 0 saturated heterocycles. The molecule has 5 nitrogen and oxygen atoms in total. The lowest BCUT2D eigenvalue weighted by molar-refractivity contribution is -0.146. The Hall–Kier alpha value is -2.17. The lowest BCUT2D eigenvalue weighted by atomic mass is 10.2. The molecule has 5 heteroatoms. The van der Waals surface area contributed by atoms with Crippen LogP contribution < -0.4 is 0 Å². The van der Waals surface area contributed by atoms with Gasteiger partial charge in [0.15, 0.2) is 0 Å². The van der Waals surface area contributed by atoms with Gasteiger partial charge in [0.2, 0.25) is 5.71 Å². The van der Waals surface area contributed by atoms with Gasteiger partial charge in [0.1, 0.15) is 5.60 Å². The molecule has 1 N–H and O–H groups in total. The largest absolute Gasteiger partial charge is 0.455 e. The van der Waals surface area contributed by atoms with Crippen molar-refractivity contribution in [3.63, 3.8) is 0 Å². The highest BCUT2D eigenvalue weighted by atomic mass is 16.6. The minimum absolute atomic E-state index is 0.196. The van der Waals surface area contributed by atoms with E-state index >= 15 is 0 Å². The Morgan fingerprint density at radius 1 is 1.21 bits per heavy atom. The summed E-state index contributed by atoms with van der Waals surface area (Å²) in [5.74, 6) is -0.702. The first kappa shape index (κ1) is 14.9. The number of oxime groups is 1. The van der Waals surface area contributed by atoms with Crippen molar-refractivity contribution in [3.05, 3.63) is 30.3 Å². The Labute approximate surface area is 112 Å². The summed E-state index contributed by atoms with van der Waals surface area (Å²) in [7, 11) is 0. The molecule has 102 valence electrons. The van der Waals surface area contributed by atoms with Gasteiger partial charge in [-0.05, 0) is 39.8 Å². The van der Waals surface area contributed by atoms with E-state index in [2.05, 4.69) is 10.1 Å². The van der Waals surface area contributed by atoms with Crippen molar-refractivity contribution in [3.8, 4) is 0 Å². The van der Waals surface area contributed by atoms with Crippen LogP contribution in [0.1, 0.15) is 27.7 Å². The molecular weight excluding hydrogens is 244 g/mol. The highest BCUT2D eigenvalue weighted by molar-refractivity contribution is 6.65. The number of rotatable bonds is 3. The van der Waals surface area contributed by atoms with Gasteiger partial charge in [-0.15, -0.1) is 0 Å². The number of esters is 1. The lowest BCUT2D eigenvalue weighted by Gasteiger charge is -2.19. The van der Waals surface area contributed by atoms with Crippen LogP contribution in [-0.2, 0) is 9.53 Å². The van der Waals surface area contributed by atoms with Crippen LogP contribution in [0.2, 0.25) is 0 Å². The Balaban J connectivity index is 2.93. The molecule has 0 saturated carbocycles. The van der Waals surface area contributed by atoms with Crippen LogP contribution in [0.25, 0.3) is 0 Å². The molecule has 19 heavy (non-hydrogen) atoms. The van der Waals surface area contributed by atoms with E-state index in [0.717, 1.165) is 0 Å². The molecule has 0 spiro atoms. The van der Waals surface area contributed by atoms with E-state index in [1.54, 1.807) is 39.8 Å². The maximum atomic E-state index is 11.8. The van der Waals surface area contributed by atoms with Crippen LogP contribution in [0.5, 0.6) is 0 Å². The zero-order valence-corrected chi connectivity index (χ0v) is 11.5. The van der Waals surface area contributed by atoms with Crippen molar-refractivity contribution in [1.82, 2.24) is 0 Å². The summed E-state index contributed by atoms with van der Waals surface area (Å²) in [5.41, 5.74) is 0.117. The molecule has 1 rings (SSSR count). The molecule has 0 aromatic heterocycles. The van der Waals surface area contributed by atoms with Crippen molar-refractivity contribution in [2.75, 3.05) is 0 Å². The summed E-state index contributed by atoms with van der Waals surface area (Å²) in [4.78, 5) is 16.0. The van der Waals surface area contributed by atoms with E-state index in [4.69, 9.17) is 9.94 Å². The van der Waals surface area contributed by atoms with Gasteiger partial charge in [0.05, 0.1) is 11.4 Å². The van der Waals surface area contributed by atoms with Gasteiger partial charge in [0, 0.05) is 0 Å². The first-order chi connectivity index (χ1) is 8.83. The van der Waals surface area contributed by atoms with Crippen LogP contribution >= 0.6 is 0 Å². The molecule has 0 unspecified atom stereocenters. The fourth-order valence-corrected chi connectivity index (χ4v) is 1.34. The average Bonchev–Trinajstić information content (AvgIpc) is 2.28. The number of ether oxygens (including phenoxy) is 1. The van der Waals surface area contributed by atoms with Crippen LogP contribution in [-0.4, -0.2) is 28.2 Å². The van der Waals surface area contributed by atoms with Crippen LogP contribution in [0.3, 0.4) is 0 Å². The molecule has 0 radical (unpaired) electrons. The average molecular weight is 262 g/mol. The second kappa shape index (κ2) is 6.13. The van der Waals surface area contributed by atoms with Gasteiger partial charge in [-0.1, -0.05) is 23.4 Å². The molecule has 0 aliphatic rings. The molecule has 1 aromatic rings. The normalized spacial score (nSPS) is 13.3. The fraction of sp³-hybridized carbons (Fsp3) is 0.357. The van der Waals surface area contributed by atoms with Gasteiger partial charge in [0.25, 0.3) is 0 Å². The first-order valence-corrected chi connectivity index (χ1v) is 5.89. The second-order valence-corrected chi connectivity index (χ2v) is 4.98. The Morgan fingerprint density at radius 2 is 1.79 bits per heavy atom. The topological polar surface area (TPSA) is 71.2 Å². The van der Waals surface area contributed by atoms with Gasteiger partial charge in [-0.2, -0.15) is 0 Å². The molecule has 1 aromatic carbocycles. The number of nitrogens with zero attached hydrogens (tertiary/aromatic N) is 2. The third kappa shape index (κ3) is 4.91. The highest BCUT2D eigenvalue weighted by Crippen LogP contribution is 2.12. The predicted octanol–water partition coefficient (Wildman–Crippen LogP) is 2.95. The predicted molar refractivity (Wildman–Crippen MR) is 74.3 cm³/mol. The molecular formula is C14H18N2O3. The van der Waals surface area contributed by atoms with Crippen molar-refractivity contribution in [1.29, 1.82) is 0 Å². The van der Waals surface area contributed by atoms with Gasteiger partial charge < -0.3 is 9.94 Å². The van der Waals surface area contributed by atoms with Crippen LogP contribution in [0.4, 0.5) is 5.69 Å². The van der Waals surface area contributed by atoms with Crippen molar-refractivity contribution in [2.24, 2.45) is 10.1 Å². The summed E-state index contributed by atoms with van der Waals surface area (Å²) < 4.78 is 5.14. The van der Waals surface area contributed by atoms with E-state index in [1.807, 2.05) is 18.2 Å². The van der Waals surface area contributed by atoms with E-state index in [0.29, 0.717) is 11.4 Å². The summed E-state index contributed by atoms with van der Waals surface area (Å²) in [6.45, 7) is 6.81. The molecule has 0 bridgehead atoms. The number of para-hydroxylation sites is 1. The number of aliphatic imine (C=N–C) groups is 1. The molecule has 0 atom stereocenters. The monoisotopic (exact) mass is 262 g/mol. The zero-order valence-electron chi connectivity index (χ0n) is 11.5. The fourth-order valence-electron chi connectivity index (χ4n) is 1.34. The standard InChI is InChI=1S/C14H18N2O3/c1-10(15-11-8-6-5-7-9-11)12(16-18)13(17)19-14(2,3)4/h5-9,18H,1-4H3/b15-10?,16-12-. The summed E-state index contributed by atoms with van der Waals surface area (Å²) in [6, 6.07) is 9.09. The minimum atomic E-state index is -0.702. The number of benzene rings is 1. The van der Waals surface area contributed by atoms with E-state index < -0.39 is 11.6 Å². The van der Waals surface area contributed by atoms with Crippen LogP contribution in [0, 0.1) is 0 Å². The van der Waals surface area contributed by atoms with Gasteiger partial charge >= 0.3 is 5.97 Å². The second-order valence-electron chi connectivity index (χ2n) is 4.98. The van der Waals surface area contributed by atoms with E-state index in [-0.39, 0.29) is 5.71 Å². The number of hydrogen-bond donors (Lipinski definition) is 1. The Bertz CT molecular complexity index is 499. The Kier molecular flexibility index (Phi) is 4.80. The number of carbonyl (C=O) groups is 1. The number of hydrogen-bond acceptors (Lipinski definition) is 5. The maximum absolute atomic E-state index is 11.8. The quantitative estimate of drug-likeness (QED) is 0.394. The van der Waals surface area contributed by atoms with Gasteiger partial charge in [-0.3, -0.25) is 4.99 Å². The Morgan fingerprint density at radius 3 is 2.26 bits per heavy atom.